The van der Waals surface area contributed by atoms with E-state index in [2.05, 4.69) is 10.0 Å². The van der Waals surface area contributed by atoms with Crippen LogP contribution in [-0.2, 0) is 19.6 Å². The summed E-state index contributed by atoms with van der Waals surface area (Å²) < 4.78 is 27.2. The Kier molecular flexibility index (Phi) is 18.8. The SMILES string of the molecule is C[C@@H](CCCCNC(=O)CCCCCCCCCCCCCCNS(=O)(=O)c1ccc(B(O)O)cc1)C(=O)O. The molecule has 0 saturated heterocycles. The summed E-state index contributed by atoms with van der Waals surface area (Å²) in [5.74, 6) is -0.993. The minimum Gasteiger partial charge on any atom is -0.481 e. The van der Waals surface area contributed by atoms with E-state index in [1.54, 1.807) is 6.92 Å². The van der Waals surface area contributed by atoms with Gasteiger partial charge in [-0.05, 0) is 43.3 Å². The highest BCUT2D eigenvalue weighted by atomic mass is 32.2. The molecule has 0 unspecified atom stereocenters. The van der Waals surface area contributed by atoms with Gasteiger partial charge in [0.2, 0.25) is 15.9 Å². The van der Waals surface area contributed by atoms with E-state index in [0.29, 0.717) is 25.9 Å². The molecule has 0 aliphatic carbocycles. The number of carboxylic acid groups (broad SMARTS) is 1. The first-order valence-electron chi connectivity index (χ1n) is 14.6. The molecule has 0 bridgehead atoms. The van der Waals surface area contributed by atoms with Crippen molar-refractivity contribution >= 4 is 34.5 Å². The topological polar surface area (TPSA) is 153 Å². The van der Waals surface area contributed by atoms with Crippen molar-refractivity contribution in [3.63, 3.8) is 0 Å². The zero-order valence-electron chi connectivity index (χ0n) is 23.6. The minimum atomic E-state index is -3.58. The fourth-order valence-corrected chi connectivity index (χ4v) is 5.38. The summed E-state index contributed by atoms with van der Waals surface area (Å²) in [6.07, 6.45) is 16.1. The molecular weight excluding hydrogens is 519 g/mol. The van der Waals surface area contributed by atoms with Crippen LogP contribution in [0.15, 0.2) is 29.2 Å². The number of hydrogen-bond acceptors (Lipinski definition) is 6. The number of rotatable bonds is 24. The molecule has 11 heteroatoms. The lowest BCUT2D eigenvalue weighted by molar-refractivity contribution is -0.141. The highest BCUT2D eigenvalue weighted by Gasteiger charge is 2.16. The van der Waals surface area contributed by atoms with Crippen molar-refractivity contribution < 1.29 is 33.2 Å². The van der Waals surface area contributed by atoms with Gasteiger partial charge in [0.1, 0.15) is 0 Å². The van der Waals surface area contributed by atoms with Gasteiger partial charge >= 0.3 is 13.1 Å². The van der Waals surface area contributed by atoms with E-state index in [-0.39, 0.29) is 22.2 Å². The zero-order valence-corrected chi connectivity index (χ0v) is 24.4. The number of carbonyl (C=O) groups excluding carboxylic acids is 1. The van der Waals surface area contributed by atoms with Crippen LogP contribution in [0.2, 0.25) is 0 Å². The van der Waals surface area contributed by atoms with Crippen molar-refractivity contribution in [3.05, 3.63) is 24.3 Å². The third kappa shape index (κ3) is 17.4. The molecule has 0 saturated carbocycles. The molecule has 1 amide bonds. The Hall–Kier alpha value is -1.95. The number of sulfonamides is 1. The Morgan fingerprint density at radius 1 is 0.769 bits per heavy atom. The van der Waals surface area contributed by atoms with Crippen LogP contribution in [0.3, 0.4) is 0 Å². The molecule has 1 rings (SSSR count). The minimum absolute atomic E-state index is 0.0914. The quantitative estimate of drug-likeness (QED) is 0.0941. The molecule has 39 heavy (non-hydrogen) atoms. The highest BCUT2D eigenvalue weighted by molar-refractivity contribution is 7.89. The van der Waals surface area contributed by atoms with Crippen LogP contribution in [0.4, 0.5) is 0 Å². The highest BCUT2D eigenvalue weighted by Crippen LogP contribution is 2.13. The second kappa shape index (κ2) is 20.9. The fourth-order valence-electron chi connectivity index (χ4n) is 4.30. The van der Waals surface area contributed by atoms with Crippen LogP contribution < -0.4 is 15.5 Å². The maximum Gasteiger partial charge on any atom is 0.488 e. The van der Waals surface area contributed by atoms with E-state index >= 15 is 0 Å². The van der Waals surface area contributed by atoms with Crippen LogP contribution >= 0.6 is 0 Å². The van der Waals surface area contributed by atoms with Gasteiger partial charge in [-0.1, -0.05) is 89.7 Å². The summed E-state index contributed by atoms with van der Waals surface area (Å²) in [4.78, 5) is 22.7. The lowest BCUT2D eigenvalue weighted by Gasteiger charge is -2.08. The summed E-state index contributed by atoms with van der Waals surface area (Å²) in [6.45, 7) is 2.72. The number of unbranched alkanes of at least 4 members (excludes halogenated alkanes) is 12. The average Bonchev–Trinajstić information content (AvgIpc) is 2.90. The molecule has 1 aromatic rings. The van der Waals surface area contributed by atoms with Crippen molar-refractivity contribution in [2.24, 2.45) is 5.92 Å². The lowest BCUT2D eigenvalue weighted by Crippen LogP contribution is -2.30. The number of carbonyl (C=O) groups is 2. The van der Waals surface area contributed by atoms with Crippen molar-refractivity contribution in [1.29, 1.82) is 0 Å². The van der Waals surface area contributed by atoms with E-state index in [1.807, 2.05) is 0 Å². The molecule has 1 atom stereocenters. The number of amides is 1. The molecule has 9 nitrogen and oxygen atoms in total. The van der Waals surface area contributed by atoms with Gasteiger partial charge in [-0.3, -0.25) is 9.59 Å². The van der Waals surface area contributed by atoms with Crippen molar-refractivity contribution in [1.82, 2.24) is 10.0 Å². The summed E-state index contributed by atoms with van der Waals surface area (Å²) in [5, 5.41) is 30.0. The number of nitrogens with one attached hydrogen (secondary N) is 2. The Morgan fingerprint density at radius 3 is 1.77 bits per heavy atom. The molecule has 0 heterocycles. The molecule has 1 aromatic carbocycles. The molecular formula is C28H49BN2O7S. The van der Waals surface area contributed by atoms with Crippen LogP contribution in [0, 0.1) is 5.92 Å². The first-order chi connectivity index (χ1) is 18.6. The predicted octanol–water partition coefficient (Wildman–Crippen LogP) is 3.72. The molecule has 5 N–H and O–H groups in total. The van der Waals surface area contributed by atoms with Gasteiger partial charge in [-0.25, -0.2) is 13.1 Å². The molecule has 0 aliphatic rings. The third-order valence-electron chi connectivity index (χ3n) is 6.92. The Bertz CT molecular complexity index is 911. The van der Waals surface area contributed by atoms with E-state index in [9.17, 15) is 18.0 Å². The third-order valence-corrected chi connectivity index (χ3v) is 8.40. The van der Waals surface area contributed by atoms with Crippen LogP contribution in [0.1, 0.15) is 110 Å². The maximum absolute atomic E-state index is 12.3. The fraction of sp³-hybridized carbons (Fsp3) is 0.714. The standard InChI is InChI=1S/C28H49BN2O7S/c1-24(28(33)34)16-13-15-22-30-27(32)17-12-10-8-6-4-2-3-5-7-9-11-14-23-31-39(37,38)26-20-18-25(19-21-26)29(35)36/h18-21,24,31,35-36H,2-17,22-23H2,1H3,(H,30,32)(H,33,34)/t24-/m0/s1. The van der Waals surface area contributed by atoms with Gasteiger partial charge in [0, 0.05) is 19.5 Å². The van der Waals surface area contributed by atoms with Gasteiger partial charge in [-0.2, -0.15) is 0 Å². The van der Waals surface area contributed by atoms with Crippen LogP contribution in [-0.4, -0.2) is 55.7 Å². The van der Waals surface area contributed by atoms with E-state index in [1.165, 1.54) is 56.4 Å². The molecule has 0 aromatic heterocycles. The Labute approximate surface area is 235 Å². The maximum atomic E-state index is 12.3. The largest absolute Gasteiger partial charge is 0.488 e. The summed E-state index contributed by atoms with van der Waals surface area (Å²) in [6, 6.07) is 5.52. The second-order valence-electron chi connectivity index (χ2n) is 10.4. The van der Waals surface area contributed by atoms with Crippen molar-refractivity contribution in [2.45, 2.75) is 115 Å². The summed E-state index contributed by atoms with van der Waals surface area (Å²) in [5.41, 5.74) is 0.251. The van der Waals surface area contributed by atoms with Gasteiger partial charge in [0.05, 0.1) is 10.8 Å². The van der Waals surface area contributed by atoms with Gasteiger partial charge in [-0.15, -0.1) is 0 Å². The van der Waals surface area contributed by atoms with E-state index in [4.69, 9.17) is 15.2 Å². The van der Waals surface area contributed by atoms with Crippen molar-refractivity contribution in [3.8, 4) is 0 Å². The van der Waals surface area contributed by atoms with E-state index in [0.717, 1.165) is 57.8 Å². The molecule has 0 radical (unpaired) electrons. The van der Waals surface area contributed by atoms with Gasteiger partial charge in [0.25, 0.3) is 0 Å². The Morgan fingerprint density at radius 2 is 1.26 bits per heavy atom. The molecule has 0 aliphatic heterocycles. The molecule has 0 spiro atoms. The van der Waals surface area contributed by atoms with E-state index < -0.39 is 23.1 Å². The first-order valence-corrected chi connectivity index (χ1v) is 16.1. The van der Waals surface area contributed by atoms with Crippen LogP contribution in [0.25, 0.3) is 0 Å². The number of aliphatic carboxylic acids is 1. The zero-order chi connectivity index (χ0) is 28.9. The van der Waals surface area contributed by atoms with Gasteiger partial charge < -0.3 is 20.5 Å². The monoisotopic (exact) mass is 568 g/mol. The summed E-state index contributed by atoms with van der Waals surface area (Å²) in [7, 11) is -5.20. The molecule has 222 valence electrons. The summed E-state index contributed by atoms with van der Waals surface area (Å²) >= 11 is 0. The first kappa shape index (κ1) is 35.1. The second-order valence-corrected chi connectivity index (χ2v) is 12.2. The smallest absolute Gasteiger partial charge is 0.481 e. The number of carboxylic acids is 1. The number of hydrogen-bond donors (Lipinski definition) is 5. The lowest BCUT2D eigenvalue weighted by atomic mass is 9.81. The molecule has 0 fully saturated rings. The number of benzene rings is 1. The average molecular weight is 569 g/mol. The van der Waals surface area contributed by atoms with Crippen molar-refractivity contribution in [2.75, 3.05) is 13.1 Å². The predicted molar refractivity (Wildman–Crippen MR) is 155 cm³/mol. The normalized spacial score (nSPS) is 12.3. The Balaban J connectivity index is 1.88. The van der Waals surface area contributed by atoms with Gasteiger partial charge in [0.15, 0.2) is 0 Å². The van der Waals surface area contributed by atoms with Crippen LogP contribution in [0.5, 0.6) is 0 Å².